The SMILES string of the molecule is CCOc1cncc(NCc2nncn2-c2ccccc2)n1. The van der Waals surface area contributed by atoms with Crippen LogP contribution in [0.1, 0.15) is 12.7 Å². The van der Waals surface area contributed by atoms with Gasteiger partial charge in [0.15, 0.2) is 5.82 Å². The van der Waals surface area contributed by atoms with E-state index in [4.69, 9.17) is 4.74 Å². The number of para-hydroxylation sites is 1. The second-order valence-electron chi connectivity index (χ2n) is 4.48. The number of nitrogens with one attached hydrogen (secondary N) is 1. The smallest absolute Gasteiger partial charge is 0.234 e. The molecule has 0 aliphatic heterocycles. The second-order valence-corrected chi connectivity index (χ2v) is 4.48. The van der Waals surface area contributed by atoms with Crippen LogP contribution in [0.3, 0.4) is 0 Å². The molecular formula is C15H16N6O. The highest BCUT2D eigenvalue weighted by Crippen LogP contribution is 2.12. The first kappa shape index (κ1) is 14.0. The molecule has 0 radical (unpaired) electrons. The van der Waals surface area contributed by atoms with Crippen molar-refractivity contribution in [1.29, 1.82) is 0 Å². The molecule has 0 saturated heterocycles. The van der Waals surface area contributed by atoms with Gasteiger partial charge in [0.05, 0.1) is 25.5 Å². The first-order valence-corrected chi connectivity index (χ1v) is 7.00. The Morgan fingerprint density at radius 3 is 2.86 bits per heavy atom. The van der Waals surface area contributed by atoms with Gasteiger partial charge in [-0.25, -0.2) is 0 Å². The molecule has 0 amide bonds. The molecular weight excluding hydrogens is 280 g/mol. The van der Waals surface area contributed by atoms with Gasteiger partial charge in [-0.3, -0.25) is 9.55 Å². The summed E-state index contributed by atoms with van der Waals surface area (Å²) >= 11 is 0. The zero-order chi connectivity index (χ0) is 15.2. The molecule has 1 N–H and O–H groups in total. The number of anilines is 1. The summed E-state index contributed by atoms with van der Waals surface area (Å²) in [5.41, 5.74) is 1.01. The van der Waals surface area contributed by atoms with Gasteiger partial charge >= 0.3 is 0 Å². The summed E-state index contributed by atoms with van der Waals surface area (Å²) in [5, 5.41) is 11.3. The Bertz CT molecular complexity index is 728. The van der Waals surface area contributed by atoms with Crippen molar-refractivity contribution < 1.29 is 4.74 Å². The molecule has 7 heteroatoms. The van der Waals surface area contributed by atoms with Crippen LogP contribution < -0.4 is 10.1 Å². The summed E-state index contributed by atoms with van der Waals surface area (Å²) in [6.45, 7) is 2.95. The molecule has 7 nitrogen and oxygen atoms in total. The van der Waals surface area contributed by atoms with Crippen molar-refractivity contribution in [1.82, 2.24) is 24.7 Å². The summed E-state index contributed by atoms with van der Waals surface area (Å²) in [6, 6.07) is 9.93. The van der Waals surface area contributed by atoms with Crippen LogP contribution in [0.25, 0.3) is 5.69 Å². The Balaban J connectivity index is 1.73. The standard InChI is InChI=1S/C15H16N6O/c1-2-22-15-10-16-8-13(19-15)17-9-14-20-18-11-21(14)12-6-4-3-5-7-12/h3-8,10-11H,2,9H2,1H3,(H,17,19). The Kier molecular flexibility index (Phi) is 4.24. The van der Waals surface area contributed by atoms with Crippen molar-refractivity contribution >= 4 is 5.82 Å². The molecule has 112 valence electrons. The number of nitrogens with zero attached hydrogens (tertiary/aromatic N) is 5. The second kappa shape index (κ2) is 6.66. The number of hydrogen-bond donors (Lipinski definition) is 1. The van der Waals surface area contributed by atoms with Gasteiger partial charge in [-0.2, -0.15) is 4.98 Å². The maximum atomic E-state index is 5.33. The van der Waals surface area contributed by atoms with E-state index >= 15 is 0 Å². The third-order valence-corrected chi connectivity index (χ3v) is 2.99. The number of ether oxygens (including phenoxy) is 1. The minimum Gasteiger partial charge on any atom is -0.477 e. The lowest BCUT2D eigenvalue weighted by Gasteiger charge is -2.08. The van der Waals surface area contributed by atoms with E-state index in [2.05, 4.69) is 25.5 Å². The van der Waals surface area contributed by atoms with Crippen molar-refractivity contribution in [2.75, 3.05) is 11.9 Å². The lowest BCUT2D eigenvalue weighted by atomic mass is 10.3. The van der Waals surface area contributed by atoms with Gasteiger partial charge in [0, 0.05) is 5.69 Å². The summed E-state index contributed by atoms with van der Waals surface area (Å²) < 4.78 is 7.25. The van der Waals surface area contributed by atoms with Gasteiger partial charge in [0.25, 0.3) is 0 Å². The van der Waals surface area contributed by atoms with Crippen LogP contribution in [0.5, 0.6) is 5.88 Å². The van der Waals surface area contributed by atoms with Crippen molar-refractivity contribution in [3.05, 3.63) is 54.9 Å². The minimum absolute atomic E-state index is 0.485. The fourth-order valence-corrected chi connectivity index (χ4v) is 2.00. The predicted molar refractivity (Wildman–Crippen MR) is 81.9 cm³/mol. The highest BCUT2D eigenvalue weighted by atomic mass is 16.5. The van der Waals surface area contributed by atoms with E-state index in [0.29, 0.717) is 24.8 Å². The third-order valence-electron chi connectivity index (χ3n) is 2.99. The summed E-state index contributed by atoms with van der Waals surface area (Å²) in [4.78, 5) is 8.40. The molecule has 3 aromatic rings. The quantitative estimate of drug-likeness (QED) is 0.750. The van der Waals surface area contributed by atoms with Crippen LogP contribution in [0.4, 0.5) is 5.82 Å². The van der Waals surface area contributed by atoms with E-state index in [1.165, 1.54) is 0 Å². The lowest BCUT2D eigenvalue weighted by Crippen LogP contribution is -2.08. The zero-order valence-corrected chi connectivity index (χ0v) is 12.2. The number of hydrogen-bond acceptors (Lipinski definition) is 6. The highest BCUT2D eigenvalue weighted by molar-refractivity contribution is 5.35. The number of rotatable bonds is 6. The Morgan fingerprint density at radius 2 is 2.05 bits per heavy atom. The zero-order valence-electron chi connectivity index (χ0n) is 12.2. The molecule has 0 fully saturated rings. The molecule has 0 aliphatic rings. The lowest BCUT2D eigenvalue weighted by molar-refractivity contribution is 0.325. The first-order valence-electron chi connectivity index (χ1n) is 7.00. The summed E-state index contributed by atoms with van der Waals surface area (Å²) in [5.74, 6) is 1.92. The van der Waals surface area contributed by atoms with Crippen molar-refractivity contribution in [2.24, 2.45) is 0 Å². The fourth-order valence-electron chi connectivity index (χ4n) is 2.00. The van der Waals surface area contributed by atoms with Crippen LogP contribution in [0.2, 0.25) is 0 Å². The normalized spacial score (nSPS) is 10.4. The fraction of sp³-hybridized carbons (Fsp3) is 0.200. The molecule has 0 atom stereocenters. The maximum Gasteiger partial charge on any atom is 0.234 e. The number of benzene rings is 1. The first-order chi connectivity index (χ1) is 10.9. The van der Waals surface area contributed by atoms with E-state index in [1.54, 1.807) is 18.7 Å². The topological polar surface area (TPSA) is 77.8 Å². The minimum atomic E-state index is 0.485. The monoisotopic (exact) mass is 296 g/mol. The maximum absolute atomic E-state index is 5.33. The Labute approximate surface area is 128 Å². The van der Waals surface area contributed by atoms with E-state index in [1.807, 2.05) is 41.8 Å². The molecule has 3 rings (SSSR count). The Hall–Kier alpha value is -2.96. The number of aromatic nitrogens is 5. The van der Waals surface area contributed by atoms with Crippen LogP contribution >= 0.6 is 0 Å². The molecule has 0 bridgehead atoms. The van der Waals surface area contributed by atoms with Crippen molar-refractivity contribution in [3.8, 4) is 11.6 Å². The van der Waals surface area contributed by atoms with Crippen LogP contribution in [0.15, 0.2) is 49.1 Å². The van der Waals surface area contributed by atoms with E-state index in [-0.39, 0.29) is 0 Å². The van der Waals surface area contributed by atoms with E-state index < -0.39 is 0 Å². The van der Waals surface area contributed by atoms with Crippen molar-refractivity contribution in [3.63, 3.8) is 0 Å². The highest BCUT2D eigenvalue weighted by Gasteiger charge is 2.07. The van der Waals surface area contributed by atoms with Crippen LogP contribution in [-0.4, -0.2) is 31.3 Å². The van der Waals surface area contributed by atoms with Gasteiger partial charge in [0.1, 0.15) is 12.1 Å². The average molecular weight is 296 g/mol. The van der Waals surface area contributed by atoms with Gasteiger partial charge in [-0.15, -0.1) is 10.2 Å². The third kappa shape index (κ3) is 3.20. The summed E-state index contributed by atoms with van der Waals surface area (Å²) in [6.07, 6.45) is 4.92. The molecule has 2 aromatic heterocycles. The molecule has 0 spiro atoms. The van der Waals surface area contributed by atoms with Gasteiger partial charge in [-0.1, -0.05) is 18.2 Å². The summed E-state index contributed by atoms with van der Waals surface area (Å²) in [7, 11) is 0. The molecule has 0 unspecified atom stereocenters. The molecule has 0 aliphatic carbocycles. The van der Waals surface area contributed by atoms with Crippen LogP contribution in [-0.2, 0) is 6.54 Å². The van der Waals surface area contributed by atoms with E-state index in [0.717, 1.165) is 11.5 Å². The van der Waals surface area contributed by atoms with E-state index in [9.17, 15) is 0 Å². The van der Waals surface area contributed by atoms with Crippen molar-refractivity contribution in [2.45, 2.75) is 13.5 Å². The van der Waals surface area contributed by atoms with Gasteiger partial charge < -0.3 is 10.1 Å². The molecule has 0 saturated carbocycles. The van der Waals surface area contributed by atoms with Gasteiger partial charge in [-0.05, 0) is 19.1 Å². The predicted octanol–water partition coefficient (Wildman–Crippen LogP) is 2.07. The van der Waals surface area contributed by atoms with Gasteiger partial charge in [0.2, 0.25) is 5.88 Å². The molecule has 22 heavy (non-hydrogen) atoms. The average Bonchev–Trinajstić information content (AvgIpc) is 3.03. The Morgan fingerprint density at radius 1 is 1.18 bits per heavy atom. The largest absolute Gasteiger partial charge is 0.477 e. The van der Waals surface area contributed by atoms with Crippen LogP contribution in [0, 0.1) is 0 Å². The molecule has 1 aromatic carbocycles. The molecule has 2 heterocycles.